The molecular formula is C14H26O4. The number of rotatable bonds is 1. The topological polar surface area (TPSA) is 66.8 Å². The molecule has 2 N–H and O–H groups in total. The first-order chi connectivity index (χ1) is 8.27. The van der Waals surface area contributed by atoms with Crippen molar-refractivity contribution in [3.05, 3.63) is 12.8 Å². The minimum absolute atomic E-state index is 0.659. The van der Waals surface area contributed by atoms with Gasteiger partial charge in [-0.05, 0) is 35.5 Å². The van der Waals surface area contributed by atoms with E-state index >= 15 is 0 Å². The van der Waals surface area contributed by atoms with Gasteiger partial charge in [-0.15, -0.1) is 0 Å². The van der Waals surface area contributed by atoms with Crippen LogP contribution in [-0.4, -0.2) is 23.5 Å². The highest BCUT2D eigenvalue weighted by molar-refractivity contribution is 5.57. The molecule has 0 saturated heterocycles. The quantitative estimate of drug-likeness (QED) is 0.558. The maximum atomic E-state index is 9.31. The molecule has 0 aromatic heterocycles. The lowest BCUT2D eigenvalue weighted by Gasteiger charge is -2.59. The van der Waals surface area contributed by atoms with Gasteiger partial charge in [-0.25, -0.2) is 4.79 Å². The van der Waals surface area contributed by atoms with Crippen LogP contribution in [0.4, 0.5) is 4.79 Å². The number of hydrogen-bond acceptors (Lipinski definition) is 3. The minimum atomic E-state index is -1.33. The Bertz CT molecular complexity index is 298. The van der Waals surface area contributed by atoms with Crippen LogP contribution < -0.4 is 0 Å². The number of fused-ring (bicyclic) bond motifs is 1. The highest BCUT2D eigenvalue weighted by Gasteiger charge is 2.66. The Balaban J connectivity index is 0.000000315. The lowest BCUT2D eigenvalue weighted by molar-refractivity contribution is -0.107. The van der Waals surface area contributed by atoms with Crippen molar-refractivity contribution in [1.29, 1.82) is 0 Å². The third kappa shape index (κ3) is 2.69. The third-order valence-corrected chi connectivity index (χ3v) is 5.17. The van der Waals surface area contributed by atoms with Crippen molar-refractivity contribution in [3.63, 3.8) is 0 Å². The first kappa shape index (κ1) is 17.0. The Hall–Kier alpha value is -1.03. The first-order valence-corrected chi connectivity index (χ1v) is 6.22. The molecule has 0 spiro atoms. The Morgan fingerprint density at radius 1 is 1.39 bits per heavy atom. The second-order valence-electron chi connectivity index (χ2n) is 5.62. The van der Waals surface area contributed by atoms with Crippen LogP contribution in [0.25, 0.3) is 0 Å². The van der Waals surface area contributed by atoms with E-state index in [-0.39, 0.29) is 0 Å². The van der Waals surface area contributed by atoms with Crippen LogP contribution in [0.2, 0.25) is 0 Å². The number of aliphatic hydroxyl groups excluding tert-OH is 1. The van der Waals surface area contributed by atoms with Gasteiger partial charge in [0, 0.05) is 7.11 Å². The van der Waals surface area contributed by atoms with Gasteiger partial charge < -0.3 is 14.9 Å². The van der Waals surface area contributed by atoms with Crippen molar-refractivity contribution in [2.75, 3.05) is 7.11 Å². The summed E-state index contributed by atoms with van der Waals surface area (Å²) in [5.74, 6) is 2.04. The smallest absolute Gasteiger partial charge is 0.449 e. The molecule has 106 valence electrons. The number of carboxylic acid groups (broad SMARTS) is 1. The minimum Gasteiger partial charge on any atom is -0.449 e. The highest BCUT2D eigenvalue weighted by atomic mass is 16.7. The Labute approximate surface area is 110 Å². The van der Waals surface area contributed by atoms with E-state index in [1.807, 2.05) is 0 Å². The van der Waals surface area contributed by atoms with Crippen LogP contribution in [-0.2, 0) is 4.74 Å². The SMILES string of the molecule is C=COC(=O)O.CC1C2CCC1(C)C2(C)C.CO. The molecule has 0 radical (unpaired) electrons. The van der Waals surface area contributed by atoms with Crippen LogP contribution in [0.15, 0.2) is 12.8 Å². The van der Waals surface area contributed by atoms with E-state index in [1.54, 1.807) is 0 Å². The normalized spacial score (nSPS) is 33.9. The van der Waals surface area contributed by atoms with E-state index in [0.29, 0.717) is 10.8 Å². The summed E-state index contributed by atoms with van der Waals surface area (Å²) in [6, 6.07) is 0. The molecule has 3 atom stereocenters. The maximum absolute atomic E-state index is 9.31. The number of hydrogen-bond donors (Lipinski definition) is 2. The molecule has 3 aliphatic carbocycles. The molecule has 0 aromatic rings. The van der Waals surface area contributed by atoms with Crippen LogP contribution in [0.5, 0.6) is 0 Å². The first-order valence-electron chi connectivity index (χ1n) is 6.22. The van der Waals surface area contributed by atoms with Crippen molar-refractivity contribution >= 4 is 6.16 Å². The standard InChI is InChI=1S/C10H18.C3H4O3.CH4O/c1-7-8-5-6-10(7,4)9(8,2)3;1-2-6-3(4)5;1-2/h7-8H,5-6H2,1-4H3;2H,1H2,(H,4,5);2H,1H3. The predicted molar refractivity (Wildman–Crippen MR) is 71.2 cm³/mol. The summed E-state index contributed by atoms with van der Waals surface area (Å²) >= 11 is 0. The van der Waals surface area contributed by atoms with Crippen molar-refractivity contribution in [3.8, 4) is 0 Å². The molecule has 3 fully saturated rings. The fourth-order valence-electron chi connectivity index (χ4n) is 3.67. The molecule has 0 aromatic carbocycles. The number of ether oxygens (including phenoxy) is 1. The van der Waals surface area contributed by atoms with Gasteiger partial charge in [0.05, 0.1) is 6.26 Å². The van der Waals surface area contributed by atoms with E-state index < -0.39 is 6.16 Å². The van der Waals surface area contributed by atoms with E-state index in [1.165, 1.54) is 12.8 Å². The second kappa shape index (κ2) is 6.23. The lowest BCUT2D eigenvalue weighted by Crippen LogP contribution is -2.53. The average molecular weight is 258 g/mol. The summed E-state index contributed by atoms with van der Waals surface area (Å²) in [5, 5.41) is 14.6. The van der Waals surface area contributed by atoms with Gasteiger partial charge in [0.15, 0.2) is 0 Å². The molecule has 3 saturated carbocycles. The summed E-state index contributed by atoms with van der Waals surface area (Å²) in [5.41, 5.74) is 1.35. The van der Waals surface area contributed by atoms with Crippen molar-refractivity contribution in [2.24, 2.45) is 22.7 Å². The van der Waals surface area contributed by atoms with Gasteiger partial charge in [0.25, 0.3) is 0 Å². The molecule has 3 rings (SSSR count). The van der Waals surface area contributed by atoms with Gasteiger partial charge in [-0.2, -0.15) is 0 Å². The molecule has 3 aliphatic rings. The fraction of sp³-hybridized carbons (Fsp3) is 0.786. The van der Waals surface area contributed by atoms with E-state index in [2.05, 4.69) is 39.0 Å². The zero-order chi connectivity index (χ0) is 14.6. The average Bonchev–Trinajstić information content (AvgIpc) is 2.74. The van der Waals surface area contributed by atoms with Crippen molar-refractivity contribution < 1.29 is 19.7 Å². The molecular weight excluding hydrogens is 232 g/mol. The van der Waals surface area contributed by atoms with Crippen molar-refractivity contribution in [2.45, 2.75) is 40.5 Å². The molecule has 3 unspecified atom stereocenters. The summed E-state index contributed by atoms with van der Waals surface area (Å²) in [7, 11) is 1.00. The summed E-state index contributed by atoms with van der Waals surface area (Å²) in [4.78, 5) is 9.31. The zero-order valence-corrected chi connectivity index (χ0v) is 12.1. The predicted octanol–water partition coefficient (Wildman–Crippen LogP) is 3.51. The molecule has 0 heterocycles. The van der Waals surface area contributed by atoms with Gasteiger partial charge in [-0.1, -0.05) is 34.3 Å². The van der Waals surface area contributed by atoms with E-state index in [9.17, 15) is 4.79 Å². The van der Waals surface area contributed by atoms with Crippen LogP contribution in [0.3, 0.4) is 0 Å². The largest absolute Gasteiger partial charge is 0.510 e. The number of aliphatic hydroxyl groups is 1. The summed E-state index contributed by atoms with van der Waals surface area (Å²) in [6.07, 6.45) is 2.49. The summed E-state index contributed by atoms with van der Waals surface area (Å²) < 4.78 is 3.72. The van der Waals surface area contributed by atoms with Crippen LogP contribution in [0.1, 0.15) is 40.5 Å². The molecule has 2 bridgehead atoms. The van der Waals surface area contributed by atoms with Gasteiger partial charge >= 0.3 is 6.16 Å². The zero-order valence-electron chi connectivity index (χ0n) is 12.1. The third-order valence-electron chi connectivity index (χ3n) is 5.17. The molecule has 0 amide bonds. The van der Waals surface area contributed by atoms with Gasteiger partial charge in [0.1, 0.15) is 0 Å². The molecule has 0 aliphatic heterocycles. The van der Waals surface area contributed by atoms with Crippen molar-refractivity contribution in [1.82, 2.24) is 0 Å². The Morgan fingerprint density at radius 3 is 1.94 bits per heavy atom. The molecule has 18 heavy (non-hydrogen) atoms. The highest BCUT2D eigenvalue weighted by Crippen LogP contribution is 2.73. The van der Waals surface area contributed by atoms with Gasteiger partial charge in [-0.3, -0.25) is 0 Å². The Kier molecular flexibility index (Phi) is 5.87. The monoisotopic (exact) mass is 258 g/mol. The number of carbonyl (C=O) groups is 1. The maximum Gasteiger partial charge on any atom is 0.510 e. The Morgan fingerprint density at radius 2 is 1.89 bits per heavy atom. The fourth-order valence-corrected chi connectivity index (χ4v) is 3.67. The molecule has 4 nitrogen and oxygen atoms in total. The van der Waals surface area contributed by atoms with Gasteiger partial charge in [0.2, 0.25) is 0 Å². The van der Waals surface area contributed by atoms with Crippen LogP contribution in [0, 0.1) is 22.7 Å². The lowest BCUT2D eigenvalue weighted by atomic mass is 9.46. The summed E-state index contributed by atoms with van der Waals surface area (Å²) in [6.45, 7) is 12.8. The molecule has 4 heteroatoms. The van der Waals surface area contributed by atoms with E-state index in [0.717, 1.165) is 25.2 Å². The van der Waals surface area contributed by atoms with Crippen LogP contribution >= 0.6 is 0 Å². The van der Waals surface area contributed by atoms with E-state index in [4.69, 9.17) is 10.2 Å². The second-order valence-corrected chi connectivity index (χ2v) is 5.62.